The summed E-state index contributed by atoms with van der Waals surface area (Å²) in [4.78, 5) is 12.9. The minimum absolute atomic E-state index is 0.121. The van der Waals surface area contributed by atoms with Crippen LogP contribution in [0.15, 0.2) is 53.8 Å². The van der Waals surface area contributed by atoms with Gasteiger partial charge in [-0.05, 0) is 30.0 Å². The van der Waals surface area contributed by atoms with Crippen LogP contribution in [-0.2, 0) is 13.2 Å². The number of fused-ring (bicyclic) bond motifs is 2. The molecular weight excluding hydrogens is 456 g/mol. The average molecular weight is 472 g/mol. The molecule has 0 radical (unpaired) electrons. The van der Waals surface area contributed by atoms with Crippen molar-refractivity contribution in [1.29, 1.82) is 0 Å². The Morgan fingerprint density at radius 2 is 1.88 bits per heavy atom. The first kappa shape index (κ1) is 21.4. The molecule has 0 saturated heterocycles. The van der Waals surface area contributed by atoms with Gasteiger partial charge in [-0.1, -0.05) is 19.1 Å². The number of hydrogen-bond donors (Lipinski definition) is 0. The molecule has 0 unspecified atom stereocenters. The maximum Gasteiger partial charge on any atom is 0.417 e. The van der Waals surface area contributed by atoms with Crippen molar-refractivity contribution in [3.63, 3.8) is 0 Å². The highest BCUT2D eigenvalue weighted by Crippen LogP contribution is 2.37. The number of alkyl halides is 3. The van der Waals surface area contributed by atoms with Crippen LogP contribution in [0.25, 0.3) is 39.5 Å². The van der Waals surface area contributed by atoms with Crippen LogP contribution in [0.1, 0.15) is 12.5 Å². The molecule has 168 valence electrons. The third-order valence-electron chi connectivity index (χ3n) is 5.15. The van der Waals surface area contributed by atoms with Gasteiger partial charge in [-0.3, -0.25) is 0 Å². The van der Waals surface area contributed by atoms with Crippen LogP contribution in [0, 0.1) is 5.82 Å². The fourth-order valence-electron chi connectivity index (χ4n) is 3.68. The topological polar surface area (TPSA) is 60.9 Å². The number of nitrogens with zero attached hydrogens (tertiary/aromatic N) is 6. The van der Waals surface area contributed by atoms with Gasteiger partial charge in [-0.25, -0.2) is 23.9 Å². The fraction of sp³-hybridized carbons (Fsp3) is 0.182. The van der Waals surface area contributed by atoms with E-state index in [0.29, 0.717) is 44.7 Å². The van der Waals surface area contributed by atoms with Gasteiger partial charge in [0.05, 0.1) is 16.8 Å². The first-order valence-corrected chi connectivity index (χ1v) is 10.9. The highest BCUT2D eigenvalue weighted by molar-refractivity contribution is 7.99. The van der Waals surface area contributed by atoms with Gasteiger partial charge >= 0.3 is 6.18 Å². The lowest BCUT2D eigenvalue weighted by Gasteiger charge is -2.06. The van der Waals surface area contributed by atoms with Crippen molar-refractivity contribution in [1.82, 2.24) is 29.1 Å². The Hall–Kier alpha value is -3.47. The van der Waals surface area contributed by atoms with Crippen molar-refractivity contribution in [3.8, 4) is 22.6 Å². The molecule has 5 aromatic rings. The highest BCUT2D eigenvalue weighted by atomic mass is 32.2. The predicted octanol–water partition coefficient (Wildman–Crippen LogP) is 5.61. The third-order valence-corrected chi connectivity index (χ3v) is 6.00. The minimum atomic E-state index is -4.52. The molecule has 0 aliphatic heterocycles. The molecule has 4 heterocycles. The van der Waals surface area contributed by atoms with Crippen LogP contribution >= 0.6 is 11.8 Å². The Morgan fingerprint density at radius 3 is 2.61 bits per heavy atom. The van der Waals surface area contributed by atoms with Gasteiger partial charge in [0.2, 0.25) is 0 Å². The molecule has 0 amide bonds. The molecule has 0 aliphatic rings. The van der Waals surface area contributed by atoms with Crippen LogP contribution in [0.2, 0.25) is 0 Å². The lowest BCUT2D eigenvalue weighted by atomic mass is 10.1. The van der Waals surface area contributed by atoms with Gasteiger partial charge in [0.25, 0.3) is 0 Å². The molecule has 1 aromatic carbocycles. The zero-order chi connectivity index (χ0) is 23.3. The summed E-state index contributed by atoms with van der Waals surface area (Å²) >= 11 is 1.46. The lowest BCUT2D eigenvalue weighted by Crippen LogP contribution is -2.05. The van der Waals surface area contributed by atoms with Gasteiger partial charge in [-0.2, -0.15) is 18.3 Å². The Balaban J connectivity index is 1.77. The second-order valence-corrected chi connectivity index (χ2v) is 8.50. The van der Waals surface area contributed by atoms with E-state index >= 15 is 0 Å². The Morgan fingerprint density at radius 1 is 1.06 bits per heavy atom. The highest BCUT2D eigenvalue weighted by Gasteiger charge is 2.32. The van der Waals surface area contributed by atoms with Gasteiger partial charge in [0, 0.05) is 25.0 Å². The van der Waals surface area contributed by atoms with Gasteiger partial charge in [0.15, 0.2) is 11.3 Å². The van der Waals surface area contributed by atoms with E-state index in [9.17, 15) is 17.6 Å². The summed E-state index contributed by atoms with van der Waals surface area (Å²) in [5.41, 5.74) is 1.85. The standard InChI is InChI=1S/C22H16F4N6S/c1-3-33-21-17(20-29-15-10-13(22(24,25)26)11-28-18(15)31(20)2)19-27-8-7-16(32(19)30-21)12-5-4-6-14(23)9-12/h4-11H,3H2,1-2H3. The maximum atomic E-state index is 13.9. The van der Waals surface area contributed by atoms with E-state index in [0.717, 1.165) is 12.3 Å². The fourth-order valence-corrected chi connectivity index (χ4v) is 4.42. The Labute approximate surface area is 189 Å². The van der Waals surface area contributed by atoms with Crippen LogP contribution in [0.4, 0.5) is 17.6 Å². The van der Waals surface area contributed by atoms with Crippen molar-refractivity contribution < 1.29 is 17.6 Å². The number of imidazole rings is 1. The number of aromatic nitrogens is 6. The molecule has 0 fully saturated rings. The smallest absolute Gasteiger partial charge is 0.312 e. The van der Waals surface area contributed by atoms with E-state index in [-0.39, 0.29) is 11.3 Å². The molecule has 0 spiro atoms. The summed E-state index contributed by atoms with van der Waals surface area (Å²) in [5, 5.41) is 5.31. The molecule has 0 saturated carbocycles. The second-order valence-electron chi connectivity index (χ2n) is 7.25. The Bertz CT molecular complexity index is 1500. The molecule has 4 aromatic heterocycles. The van der Waals surface area contributed by atoms with Crippen molar-refractivity contribution in [2.24, 2.45) is 7.05 Å². The summed E-state index contributed by atoms with van der Waals surface area (Å²) in [6.45, 7) is 1.96. The monoisotopic (exact) mass is 472 g/mol. The number of pyridine rings is 1. The summed E-state index contributed by atoms with van der Waals surface area (Å²) in [5.74, 6) is 0.716. The van der Waals surface area contributed by atoms with Gasteiger partial charge in [0.1, 0.15) is 22.2 Å². The third kappa shape index (κ3) is 3.62. The van der Waals surface area contributed by atoms with Crippen LogP contribution in [0.5, 0.6) is 0 Å². The van der Waals surface area contributed by atoms with Gasteiger partial charge < -0.3 is 4.57 Å². The quantitative estimate of drug-likeness (QED) is 0.251. The first-order valence-electron chi connectivity index (χ1n) is 9.94. The summed E-state index contributed by atoms with van der Waals surface area (Å²) in [7, 11) is 1.69. The van der Waals surface area contributed by atoms with Crippen molar-refractivity contribution in [3.05, 3.63) is 60.2 Å². The number of aryl methyl sites for hydroxylation is 1. The SMILES string of the molecule is CCSc1nn2c(-c3cccc(F)c3)ccnc2c1-c1nc2cc(C(F)(F)F)cnc2n1C. The van der Waals surface area contributed by atoms with Gasteiger partial charge in [-0.15, -0.1) is 11.8 Å². The van der Waals surface area contributed by atoms with Crippen molar-refractivity contribution >= 4 is 28.6 Å². The molecule has 0 N–H and O–H groups in total. The normalized spacial score (nSPS) is 12.2. The van der Waals surface area contributed by atoms with E-state index in [1.165, 1.54) is 23.9 Å². The second kappa shape index (κ2) is 7.84. The first-order chi connectivity index (χ1) is 15.8. The molecule has 0 bridgehead atoms. The van der Waals surface area contributed by atoms with Crippen LogP contribution < -0.4 is 0 Å². The molecule has 5 rings (SSSR count). The van der Waals surface area contributed by atoms with Crippen molar-refractivity contribution in [2.45, 2.75) is 18.1 Å². The number of benzene rings is 1. The maximum absolute atomic E-state index is 13.9. The summed E-state index contributed by atoms with van der Waals surface area (Å²) in [6, 6.07) is 8.85. The van der Waals surface area contributed by atoms with E-state index in [1.807, 2.05) is 6.92 Å². The molecule has 11 heteroatoms. The average Bonchev–Trinajstić information content (AvgIpc) is 3.30. The number of halogens is 4. The summed E-state index contributed by atoms with van der Waals surface area (Å²) < 4.78 is 56.6. The van der Waals surface area contributed by atoms with E-state index < -0.39 is 11.7 Å². The number of hydrogen-bond acceptors (Lipinski definition) is 5. The molecular formula is C22H16F4N6S. The molecule has 0 aliphatic carbocycles. The lowest BCUT2D eigenvalue weighted by molar-refractivity contribution is -0.137. The summed E-state index contributed by atoms with van der Waals surface area (Å²) in [6.07, 6.45) is -2.14. The van der Waals surface area contributed by atoms with Crippen molar-refractivity contribution in [2.75, 3.05) is 5.75 Å². The predicted molar refractivity (Wildman–Crippen MR) is 117 cm³/mol. The number of rotatable bonds is 4. The Kier molecular flexibility index (Phi) is 5.08. The molecule has 33 heavy (non-hydrogen) atoms. The zero-order valence-corrected chi connectivity index (χ0v) is 18.2. The van der Waals surface area contributed by atoms with E-state index in [4.69, 9.17) is 5.10 Å². The minimum Gasteiger partial charge on any atom is -0.312 e. The zero-order valence-electron chi connectivity index (χ0n) is 17.4. The van der Waals surface area contributed by atoms with E-state index in [2.05, 4.69) is 15.0 Å². The number of thioether (sulfide) groups is 1. The van der Waals surface area contributed by atoms with E-state index in [1.54, 1.807) is 40.5 Å². The molecule has 0 atom stereocenters. The molecule has 6 nitrogen and oxygen atoms in total. The van der Waals surface area contributed by atoms with Crippen LogP contribution in [-0.4, -0.2) is 34.9 Å². The largest absolute Gasteiger partial charge is 0.417 e. The van der Waals surface area contributed by atoms with Crippen LogP contribution in [0.3, 0.4) is 0 Å².